The molecule has 53 heavy (non-hydrogen) atoms. The van der Waals surface area contributed by atoms with Gasteiger partial charge in [0.05, 0.1) is 24.9 Å². The summed E-state index contributed by atoms with van der Waals surface area (Å²) in [6.45, 7) is -0.135. The van der Waals surface area contributed by atoms with Crippen LogP contribution in [-0.4, -0.2) is 165 Å². The van der Waals surface area contributed by atoms with Crippen LogP contribution in [0.2, 0.25) is 0 Å². The van der Waals surface area contributed by atoms with E-state index in [0.717, 1.165) is 24.3 Å². The summed E-state index contributed by atoms with van der Waals surface area (Å²) in [5, 5.41) is 135. The Kier molecular flexibility index (Phi) is 11.2. The van der Waals surface area contributed by atoms with Gasteiger partial charge < -0.3 is 94.5 Å². The van der Waals surface area contributed by atoms with Crippen molar-refractivity contribution in [2.24, 2.45) is 0 Å². The molecule has 0 bridgehead atoms. The summed E-state index contributed by atoms with van der Waals surface area (Å²) in [7, 11) is 0. The van der Waals surface area contributed by atoms with Crippen molar-refractivity contribution < 1.29 is 94.5 Å². The van der Waals surface area contributed by atoms with E-state index in [9.17, 15) is 71.2 Å². The van der Waals surface area contributed by atoms with Gasteiger partial charge in [0.2, 0.25) is 5.43 Å². The Morgan fingerprint density at radius 1 is 0.679 bits per heavy atom. The highest BCUT2D eigenvalue weighted by Crippen LogP contribution is 2.41. The second-order valence-corrected chi connectivity index (χ2v) is 13.1. The fraction of sp³-hybridized carbons (Fsp3) is 0.545. The molecule has 0 amide bonds. The number of hydrogen-bond acceptors (Lipinski definition) is 20. The maximum Gasteiger partial charge on any atom is 0.203 e. The molecule has 0 aliphatic carbocycles. The van der Waals surface area contributed by atoms with Crippen LogP contribution in [0.5, 0.6) is 23.0 Å². The Morgan fingerprint density at radius 3 is 2.04 bits per heavy atom. The molecule has 0 saturated carbocycles. The lowest BCUT2D eigenvalue weighted by molar-refractivity contribution is -0.360. The molecule has 13 N–H and O–H groups in total. The molecular weight excluding hydrogens is 716 g/mol. The highest BCUT2D eigenvalue weighted by molar-refractivity contribution is 5.87. The van der Waals surface area contributed by atoms with Crippen molar-refractivity contribution in [1.82, 2.24) is 0 Å². The zero-order valence-corrected chi connectivity index (χ0v) is 27.6. The predicted molar refractivity (Wildman–Crippen MR) is 171 cm³/mol. The molecule has 0 radical (unpaired) electrons. The first-order valence-electron chi connectivity index (χ1n) is 16.4. The van der Waals surface area contributed by atoms with Crippen molar-refractivity contribution in [3.05, 3.63) is 46.1 Å². The van der Waals surface area contributed by atoms with Crippen molar-refractivity contribution in [3.63, 3.8) is 0 Å². The number of aliphatic hydroxyl groups is 9. The average molecular weight is 757 g/mol. The van der Waals surface area contributed by atoms with E-state index >= 15 is 0 Å². The van der Waals surface area contributed by atoms with Gasteiger partial charge in [0.15, 0.2) is 24.1 Å². The molecule has 3 fully saturated rings. The maximum atomic E-state index is 14.0. The molecule has 3 aromatic rings. The number of aromatic hydroxyl groups is 4. The standard InChI is InChI=1S/C33H40O20/c1-9-20(39)31(53-33-27(46)25(44)21(40)16(7-34)52-33)28(47)32(49-9)48-8-17-22(41)24(43)26(45)30(51-17)19-23(42)18-14(38)5-11(35)6-15(18)50-29(19)10-2-3-12(36)13(37)4-10/h2-6,9,16-17,20-22,24-28,30-41,43-47H,7-8H2,1H3/t9-,16+,17+,20-,21+,22+,24-,25-,26+,27+,28+,30-,31+,32+,33-/m0/s1. The molecule has 20 nitrogen and oxygen atoms in total. The fourth-order valence-corrected chi connectivity index (χ4v) is 6.58. The van der Waals surface area contributed by atoms with Crippen LogP contribution < -0.4 is 5.43 Å². The van der Waals surface area contributed by atoms with Crippen molar-refractivity contribution in [2.45, 2.75) is 98.9 Å². The van der Waals surface area contributed by atoms with E-state index in [1.54, 1.807) is 0 Å². The lowest BCUT2D eigenvalue weighted by Gasteiger charge is -2.46. The minimum absolute atomic E-state index is 0.0574. The molecule has 2 aromatic carbocycles. The molecule has 0 unspecified atom stereocenters. The second kappa shape index (κ2) is 15.2. The van der Waals surface area contributed by atoms with E-state index in [2.05, 4.69) is 0 Å². The smallest absolute Gasteiger partial charge is 0.203 e. The Labute approximate surface area is 298 Å². The fourth-order valence-electron chi connectivity index (χ4n) is 6.58. The lowest BCUT2D eigenvalue weighted by Crippen LogP contribution is -2.64. The molecule has 4 heterocycles. The first-order valence-corrected chi connectivity index (χ1v) is 16.4. The quantitative estimate of drug-likeness (QED) is 0.0990. The SMILES string of the molecule is C[C@@H]1O[C@@H](OC[C@H]2O[C@@H](c3c(-c4ccc(O)c(O)c4)oc4cc(O)cc(O)c4c3=O)[C@H](O)[C@@H](O)[C@@H]2O)[C@H](O)[C@H](O[C@@H]2O[C@H](CO)[C@@H](O)[C@H](O)[C@H]2O)[C@H]1O. The van der Waals surface area contributed by atoms with Gasteiger partial charge in [-0.05, 0) is 25.1 Å². The van der Waals surface area contributed by atoms with E-state index in [1.165, 1.54) is 13.0 Å². The summed E-state index contributed by atoms with van der Waals surface area (Å²) in [6.07, 6.45) is -25.8. The van der Waals surface area contributed by atoms with E-state index in [-0.39, 0.29) is 11.1 Å². The topological polar surface area (TPSA) is 339 Å². The third-order valence-corrected chi connectivity index (χ3v) is 9.58. The van der Waals surface area contributed by atoms with Crippen LogP contribution in [0.3, 0.4) is 0 Å². The van der Waals surface area contributed by atoms with Gasteiger partial charge in [0, 0.05) is 17.7 Å². The number of fused-ring (bicyclic) bond motifs is 1. The number of rotatable bonds is 8. The van der Waals surface area contributed by atoms with E-state index in [4.69, 9.17) is 28.1 Å². The van der Waals surface area contributed by atoms with Crippen molar-refractivity contribution >= 4 is 11.0 Å². The van der Waals surface area contributed by atoms with Crippen LogP contribution in [0.1, 0.15) is 18.6 Å². The molecule has 20 heteroatoms. The molecule has 15 atom stereocenters. The molecular formula is C33H40O20. The average Bonchev–Trinajstić information content (AvgIpc) is 3.11. The first kappa shape index (κ1) is 39.0. The number of aliphatic hydroxyl groups excluding tert-OH is 9. The summed E-state index contributed by atoms with van der Waals surface area (Å²) >= 11 is 0. The van der Waals surface area contributed by atoms with E-state index in [0.29, 0.717) is 0 Å². The first-order chi connectivity index (χ1) is 25.0. The van der Waals surface area contributed by atoms with Crippen LogP contribution in [0.15, 0.2) is 39.5 Å². The number of phenols is 4. The van der Waals surface area contributed by atoms with E-state index in [1.807, 2.05) is 0 Å². The van der Waals surface area contributed by atoms with Gasteiger partial charge >= 0.3 is 0 Å². The van der Waals surface area contributed by atoms with Crippen molar-refractivity contribution in [1.29, 1.82) is 0 Å². The largest absolute Gasteiger partial charge is 0.508 e. The summed E-state index contributed by atoms with van der Waals surface area (Å²) in [5.74, 6) is -2.77. The van der Waals surface area contributed by atoms with Gasteiger partial charge in [0.1, 0.15) is 101 Å². The van der Waals surface area contributed by atoms with Crippen LogP contribution in [-0.2, 0) is 23.7 Å². The molecule has 3 aliphatic heterocycles. The highest BCUT2D eigenvalue weighted by Gasteiger charge is 2.51. The van der Waals surface area contributed by atoms with Gasteiger partial charge in [0.25, 0.3) is 0 Å². The number of phenolic OH excluding ortho intramolecular Hbond substituents is 4. The number of hydrogen-bond donors (Lipinski definition) is 13. The summed E-state index contributed by atoms with van der Waals surface area (Å²) in [4.78, 5) is 14.0. The minimum Gasteiger partial charge on any atom is -0.508 e. The van der Waals surface area contributed by atoms with Crippen LogP contribution in [0.25, 0.3) is 22.3 Å². The zero-order valence-electron chi connectivity index (χ0n) is 27.6. The van der Waals surface area contributed by atoms with Gasteiger partial charge in [-0.1, -0.05) is 0 Å². The van der Waals surface area contributed by atoms with Crippen molar-refractivity contribution in [3.8, 4) is 34.3 Å². The molecule has 1 aromatic heterocycles. The zero-order chi connectivity index (χ0) is 38.6. The summed E-state index contributed by atoms with van der Waals surface area (Å²) in [6, 6.07) is 5.16. The van der Waals surface area contributed by atoms with Gasteiger partial charge in [-0.25, -0.2) is 0 Å². The molecule has 6 rings (SSSR count). The maximum absolute atomic E-state index is 14.0. The normalized spacial score (nSPS) is 37.9. The number of ether oxygens (including phenoxy) is 5. The Hall–Kier alpha value is -3.71. The Bertz CT molecular complexity index is 1830. The van der Waals surface area contributed by atoms with Gasteiger partial charge in [-0.3, -0.25) is 4.79 Å². The number of benzene rings is 2. The third-order valence-electron chi connectivity index (χ3n) is 9.58. The van der Waals surface area contributed by atoms with Crippen molar-refractivity contribution in [2.75, 3.05) is 13.2 Å². The van der Waals surface area contributed by atoms with Crippen LogP contribution in [0, 0.1) is 0 Å². The molecule has 292 valence electrons. The highest BCUT2D eigenvalue weighted by atomic mass is 16.7. The summed E-state index contributed by atoms with van der Waals surface area (Å²) < 4.78 is 34.0. The summed E-state index contributed by atoms with van der Waals surface area (Å²) in [5.41, 5.74) is -1.92. The molecule has 0 spiro atoms. The molecule has 3 aliphatic rings. The van der Waals surface area contributed by atoms with Crippen LogP contribution >= 0.6 is 0 Å². The van der Waals surface area contributed by atoms with Crippen LogP contribution in [0.4, 0.5) is 0 Å². The second-order valence-electron chi connectivity index (χ2n) is 13.1. The Balaban J connectivity index is 1.28. The van der Waals surface area contributed by atoms with E-state index < -0.39 is 150 Å². The lowest BCUT2D eigenvalue weighted by atomic mass is 9.89. The minimum atomic E-state index is -2.03. The molecule has 3 saturated heterocycles. The third kappa shape index (κ3) is 7.15. The monoisotopic (exact) mass is 756 g/mol. The van der Waals surface area contributed by atoms with Gasteiger partial charge in [-0.15, -0.1) is 0 Å². The van der Waals surface area contributed by atoms with Gasteiger partial charge in [-0.2, -0.15) is 0 Å². The Morgan fingerprint density at radius 2 is 1.36 bits per heavy atom. The predicted octanol–water partition coefficient (Wildman–Crippen LogP) is -3.53.